The fraction of sp³-hybridized carbons (Fsp3) is 0.238. The lowest BCUT2D eigenvalue weighted by Gasteiger charge is -2.34. The summed E-state index contributed by atoms with van der Waals surface area (Å²) in [5, 5.41) is 5.74. The van der Waals surface area contributed by atoms with Crippen molar-refractivity contribution in [3.63, 3.8) is 0 Å². The molecule has 3 heterocycles. The van der Waals surface area contributed by atoms with Crippen molar-refractivity contribution in [1.29, 1.82) is 0 Å². The monoisotopic (exact) mass is 420 g/mol. The number of anilines is 5. The number of piperazine rings is 1. The van der Waals surface area contributed by atoms with Crippen LogP contribution in [-0.4, -0.2) is 59.0 Å². The van der Waals surface area contributed by atoms with E-state index in [9.17, 15) is 9.59 Å². The van der Waals surface area contributed by atoms with Crippen molar-refractivity contribution in [1.82, 2.24) is 19.9 Å². The SMILES string of the molecule is CN1CCN(c2ccc(NC(=O)c3c(Nc4ccnc(N)n4)cc[nH]c3=O)cc2)CC1. The Labute approximate surface area is 179 Å². The molecule has 0 radical (unpaired) electrons. The quantitative estimate of drug-likeness (QED) is 0.488. The number of hydrogen-bond acceptors (Lipinski definition) is 8. The van der Waals surface area contributed by atoms with Crippen LogP contribution < -0.4 is 26.8 Å². The molecule has 1 aliphatic heterocycles. The molecule has 0 saturated carbocycles. The number of H-pyrrole nitrogens is 1. The van der Waals surface area contributed by atoms with Gasteiger partial charge in [0.15, 0.2) is 0 Å². The number of pyridine rings is 1. The van der Waals surface area contributed by atoms with Gasteiger partial charge in [-0.3, -0.25) is 9.59 Å². The van der Waals surface area contributed by atoms with E-state index in [0.717, 1.165) is 31.9 Å². The van der Waals surface area contributed by atoms with Crippen molar-refractivity contribution in [2.24, 2.45) is 0 Å². The highest BCUT2D eigenvalue weighted by Gasteiger charge is 2.18. The second kappa shape index (κ2) is 8.84. The van der Waals surface area contributed by atoms with Crippen molar-refractivity contribution in [2.75, 3.05) is 54.5 Å². The van der Waals surface area contributed by atoms with Gasteiger partial charge in [-0.05, 0) is 43.4 Å². The van der Waals surface area contributed by atoms with Crippen LogP contribution in [0.25, 0.3) is 0 Å². The van der Waals surface area contributed by atoms with Gasteiger partial charge in [0.05, 0.1) is 5.69 Å². The minimum atomic E-state index is -0.529. The van der Waals surface area contributed by atoms with Crippen LogP contribution in [0.3, 0.4) is 0 Å². The number of aromatic amines is 1. The summed E-state index contributed by atoms with van der Waals surface area (Å²) in [5.41, 5.74) is 7.05. The fourth-order valence-electron chi connectivity index (χ4n) is 3.40. The molecule has 31 heavy (non-hydrogen) atoms. The van der Waals surface area contributed by atoms with Crippen LogP contribution in [0.4, 0.5) is 28.8 Å². The van der Waals surface area contributed by atoms with Crippen molar-refractivity contribution >= 4 is 34.7 Å². The number of amides is 1. The average Bonchev–Trinajstić information content (AvgIpc) is 2.75. The summed E-state index contributed by atoms with van der Waals surface area (Å²) in [6.07, 6.45) is 2.94. The van der Waals surface area contributed by atoms with Crippen molar-refractivity contribution in [3.05, 3.63) is 64.7 Å². The van der Waals surface area contributed by atoms with Crippen LogP contribution in [0.5, 0.6) is 0 Å². The summed E-state index contributed by atoms with van der Waals surface area (Å²) in [6, 6.07) is 10.8. The van der Waals surface area contributed by atoms with Gasteiger partial charge >= 0.3 is 0 Å². The first kappa shape index (κ1) is 20.4. The second-order valence-corrected chi connectivity index (χ2v) is 7.31. The number of carbonyl (C=O) groups excluding carboxylic acids is 1. The molecule has 160 valence electrons. The van der Waals surface area contributed by atoms with Crippen LogP contribution >= 0.6 is 0 Å². The number of nitrogens with zero attached hydrogens (tertiary/aromatic N) is 4. The molecule has 0 atom stereocenters. The van der Waals surface area contributed by atoms with Gasteiger partial charge in [-0.15, -0.1) is 0 Å². The van der Waals surface area contributed by atoms with E-state index in [1.54, 1.807) is 12.1 Å². The number of nitrogens with two attached hydrogens (primary N) is 1. The van der Waals surface area contributed by atoms with Gasteiger partial charge in [0.25, 0.3) is 11.5 Å². The zero-order valence-electron chi connectivity index (χ0n) is 17.1. The van der Waals surface area contributed by atoms with E-state index < -0.39 is 11.5 Å². The number of rotatable bonds is 5. The molecule has 0 bridgehead atoms. The molecule has 1 amide bonds. The first-order valence-electron chi connectivity index (χ1n) is 9.92. The first-order valence-corrected chi connectivity index (χ1v) is 9.92. The molecule has 1 aromatic carbocycles. The van der Waals surface area contributed by atoms with Gasteiger partial charge in [0.1, 0.15) is 11.4 Å². The number of benzene rings is 1. The van der Waals surface area contributed by atoms with E-state index in [1.165, 1.54) is 12.4 Å². The molecular formula is C21H24N8O2. The summed E-state index contributed by atoms with van der Waals surface area (Å²) in [5.74, 6) is -0.0660. The van der Waals surface area contributed by atoms with Crippen LogP contribution in [-0.2, 0) is 0 Å². The van der Waals surface area contributed by atoms with Crippen LogP contribution in [0.2, 0.25) is 0 Å². The zero-order valence-corrected chi connectivity index (χ0v) is 17.1. The maximum atomic E-state index is 12.9. The van der Waals surface area contributed by atoms with Gasteiger partial charge < -0.3 is 31.2 Å². The molecule has 1 saturated heterocycles. The van der Waals surface area contributed by atoms with Crippen LogP contribution in [0, 0.1) is 0 Å². The second-order valence-electron chi connectivity index (χ2n) is 7.31. The molecule has 10 heteroatoms. The zero-order chi connectivity index (χ0) is 21.8. The number of aromatic nitrogens is 3. The van der Waals surface area contributed by atoms with E-state index in [2.05, 4.69) is 42.4 Å². The molecule has 5 N–H and O–H groups in total. The summed E-state index contributed by atoms with van der Waals surface area (Å²) in [7, 11) is 2.12. The van der Waals surface area contributed by atoms with Gasteiger partial charge in [0.2, 0.25) is 5.95 Å². The first-order chi connectivity index (χ1) is 15.0. The van der Waals surface area contributed by atoms with E-state index in [4.69, 9.17) is 5.73 Å². The Morgan fingerprint density at radius 1 is 1.10 bits per heavy atom. The van der Waals surface area contributed by atoms with Gasteiger partial charge in [-0.25, -0.2) is 4.98 Å². The maximum Gasteiger partial charge on any atom is 0.263 e. The Bertz CT molecular complexity index is 1120. The summed E-state index contributed by atoms with van der Waals surface area (Å²) in [4.78, 5) is 40.3. The summed E-state index contributed by atoms with van der Waals surface area (Å²) < 4.78 is 0. The van der Waals surface area contributed by atoms with E-state index >= 15 is 0 Å². The van der Waals surface area contributed by atoms with Gasteiger partial charge in [0, 0.05) is 49.9 Å². The lowest BCUT2D eigenvalue weighted by molar-refractivity contribution is 0.102. The van der Waals surface area contributed by atoms with Crippen LogP contribution in [0.1, 0.15) is 10.4 Å². The van der Waals surface area contributed by atoms with E-state index in [-0.39, 0.29) is 11.5 Å². The molecule has 4 rings (SSSR count). The highest BCUT2D eigenvalue weighted by atomic mass is 16.2. The van der Waals surface area contributed by atoms with Gasteiger partial charge in [-0.2, -0.15) is 4.98 Å². The largest absolute Gasteiger partial charge is 0.369 e. The topological polar surface area (TPSA) is 132 Å². The fourth-order valence-corrected chi connectivity index (χ4v) is 3.40. The molecule has 3 aromatic rings. The number of nitrogens with one attached hydrogen (secondary N) is 3. The average molecular weight is 420 g/mol. The smallest absolute Gasteiger partial charge is 0.263 e. The van der Waals surface area contributed by atoms with Crippen LogP contribution in [0.15, 0.2) is 53.6 Å². The lowest BCUT2D eigenvalue weighted by Crippen LogP contribution is -2.44. The van der Waals surface area contributed by atoms with Gasteiger partial charge in [-0.1, -0.05) is 0 Å². The molecule has 0 unspecified atom stereocenters. The van der Waals surface area contributed by atoms with E-state index in [1.807, 2.05) is 24.3 Å². The normalized spacial score (nSPS) is 14.3. The predicted octanol–water partition coefficient (Wildman–Crippen LogP) is 1.49. The molecule has 1 fully saturated rings. The lowest BCUT2D eigenvalue weighted by atomic mass is 10.2. The predicted molar refractivity (Wildman–Crippen MR) is 121 cm³/mol. The summed E-state index contributed by atoms with van der Waals surface area (Å²) in [6.45, 7) is 3.96. The number of nitrogen functional groups attached to an aromatic ring is 1. The Morgan fingerprint density at radius 3 is 2.55 bits per heavy atom. The molecule has 2 aromatic heterocycles. The standard InChI is InChI=1S/C21H24N8O2/c1-28-10-12-29(13-11-28)15-4-2-14(3-5-15)25-20(31)18-16(6-8-23-19(18)30)26-17-7-9-24-21(22)27-17/h2-9H,10-13H2,1H3,(H,25,31)(H4,22,23,24,26,27,30). The van der Waals surface area contributed by atoms with E-state index in [0.29, 0.717) is 17.2 Å². The minimum absolute atomic E-state index is 0.0529. The molecule has 0 aliphatic carbocycles. The molecular weight excluding hydrogens is 396 g/mol. The highest BCUT2D eigenvalue weighted by Crippen LogP contribution is 2.21. The van der Waals surface area contributed by atoms with Crippen molar-refractivity contribution in [2.45, 2.75) is 0 Å². The number of hydrogen-bond donors (Lipinski definition) is 4. The molecule has 1 aliphatic rings. The van der Waals surface area contributed by atoms with Crippen molar-refractivity contribution in [3.8, 4) is 0 Å². The minimum Gasteiger partial charge on any atom is -0.369 e. The maximum absolute atomic E-state index is 12.9. The number of likely N-dealkylation sites (N-methyl/N-ethyl adjacent to an activating group) is 1. The molecule has 0 spiro atoms. The summed E-state index contributed by atoms with van der Waals surface area (Å²) >= 11 is 0. The number of carbonyl (C=O) groups is 1. The Kier molecular flexibility index (Phi) is 5.80. The Morgan fingerprint density at radius 2 is 1.84 bits per heavy atom. The Hall–Kier alpha value is -3.92. The third kappa shape index (κ3) is 4.81. The third-order valence-electron chi connectivity index (χ3n) is 5.12. The van der Waals surface area contributed by atoms with Crippen molar-refractivity contribution < 1.29 is 4.79 Å². The molecule has 10 nitrogen and oxygen atoms in total. The third-order valence-corrected chi connectivity index (χ3v) is 5.12. The highest BCUT2D eigenvalue weighted by molar-refractivity contribution is 6.08. The Balaban J connectivity index is 1.50.